The number of hydrogen-bond donors (Lipinski definition) is 1. The second-order valence-corrected chi connectivity index (χ2v) is 6.20. The van der Waals surface area contributed by atoms with Gasteiger partial charge < -0.3 is 15.2 Å². The van der Waals surface area contributed by atoms with Crippen LogP contribution >= 0.6 is 0 Å². The van der Waals surface area contributed by atoms with Crippen LogP contribution in [0.5, 0.6) is 5.75 Å². The second kappa shape index (κ2) is 5.83. The number of carbonyl (C=O) groups excluding carboxylic acids is 1. The van der Waals surface area contributed by atoms with Crippen molar-refractivity contribution >= 4 is 5.97 Å². The van der Waals surface area contributed by atoms with Crippen molar-refractivity contribution in [2.24, 2.45) is 5.73 Å². The van der Waals surface area contributed by atoms with Crippen molar-refractivity contribution in [1.82, 2.24) is 0 Å². The molecule has 2 rings (SSSR count). The van der Waals surface area contributed by atoms with Crippen molar-refractivity contribution in [3.05, 3.63) is 29.3 Å². The third-order valence-electron chi connectivity index (χ3n) is 3.28. The molecule has 0 amide bonds. The molecule has 4 nitrogen and oxygen atoms in total. The molecular weight excluding hydrogens is 254 g/mol. The molecule has 0 aromatic heterocycles. The summed E-state index contributed by atoms with van der Waals surface area (Å²) in [6.07, 6.45) is 3.01. The summed E-state index contributed by atoms with van der Waals surface area (Å²) in [7, 11) is 0. The van der Waals surface area contributed by atoms with Crippen LogP contribution in [0, 0.1) is 0 Å². The van der Waals surface area contributed by atoms with E-state index in [-0.39, 0.29) is 18.6 Å². The molecule has 0 bridgehead atoms. The first-order valence-corrected chi connectivity index (χ1v) is 7.09. The largest absolute Gasteiger partial charge is 0.482 e. The van der Waals surface area contributed by atoms with Crippen LogP contribution in [0.15, 0.2) is 18.2 Å². The van der Waals surface area contributed by atoms with E-state index in [1.54, 1.807) is 0 Å². The average Bonchev–Trinajstić information content (AvgIpc) is 2.35. The van der Waals surface area contributed by atoms with Crippen LogP contribution in [-0.2, 0) is 16.0 Å². The minimum absolute atomic E-state index is 0.0665. The molecule has 1 atom stereocenters. The smallest absolute Gasteiger partial charge is 0.344 e. The molecule has 0 fully saturated rings. The van der Waals surface area contributed by atoms with Crippen molar-refractivity contribution < 1.29 is 14.3 Å². The Balaban J connectivity index is 2.04. The van der Waals surface area contributed by atoms with E-state index in [0.717, 1.165) is 36.1 Å². The maximum absolute atomic E-state index is 11.7. The Morgan fingerprint density at radius 2 is 2.15 bits per heavy atom. The maximum Gasteiger partial charge on any atom is 0.344 e. The van der Waals surface area contributed by atoms with E-state index in [1.165, 1.54) is 0 Å². The predicted octanol–water partition coefficient (Wildman–Crippen LogP) is 2.74. The summed E-state index contributed by atoms with van der Waals surface area (Å²) in [4.78, 5) is 11.7. The van der Waals surface area contributed by atoms with Gasteiger partial charge in [0, 0.05) is 6.04 Å². The Hall–Kier alpha value is -1.55. The van der Waals surface area contributed by atoms with Crippen LogP contribution in [0.25, 0.3) is 0 Å². The lowest BCUT2D eigenvalue weighted by Crippen LogP contribution is -2.27. The van der Waals surface area contributed by atoms with Crippen molar-refractivity contribution in [3.8, 4) is 5.75 Å². The van der Waals surface area contributed by atoms with Crippen LogP contribution in [-0.4, -0.2) is 18.2 Å². The van der Waals surface area contributed by atoms with Gasteiger partial charge in [0.1, 0.15) is 11.4 Å². The normalized spacial score (nSPS) is 18.3. The highest BCUT2D eigenvalue weighted by atomic mass is 16.6. The van der Waals surface area contributed by atoms with Crippen molar-refractivity contribution in [2.45, 2.75) is 51.7 Å². The van der Waals surface area contributed by atoms with Crippen LogP contribution in [0.3, 0.4) is 0 Å². The van der Waals surface area contributed by atoms with Gasteiger partial charge in [-0.05, 0) is 57.2 Å². The lowest BCUT2D eigenvalue weighted by Gasteiger charge is -2.24. The molecule has 0 aliphatic heterocycles. The monoisotopic (exact) mass is 277 g/mol. The molecule has 110 valence electrons. The van der Waals surface area contributed by atoms with E-state index in [9.17, 15) is 4.79 Å². The highest BCUT2D eigenvalue weighted by Crippen LogP contribution is 2.34. The maximum atomic E-state index is 11.7. The van der Waals surface area contributed by atoms with E-state index < -0.39 is 5.60 Å². The zero-order chi connectivity index (χ0) is 14.8. The average molecular weight is 277 g/mol. The quantitative estimate of drug-likeness (QED) is 0.863. The molecule has 2 N–H and O–H groups in total. The first-order valence-electron chi connectivity index (χ1n) is 7.09. The number of benzene rings is 1. The van der Waals surface area contributed by atoms with E-state index in [2.05, 4.69) is 0 Å². The van der Waals surface area contributed by atoms with Crippen LogP contribution in [0.4, 0.5) is 0 Å². The summed E-state index contributed by atoms with van der Waals surface area (Å²) in [5, 5.41) is 0. The van der Waals surface area contributed by atoms with E-state index in [4.69, 9.17) is 15.2 Å². The molecular formula is C16H23NO3. The van der Waals surface area contributed by atoms with Gasteiger partial charge in [0.05, 0.1) is 0 Å². The van der Waals surface area contributed by atoms with Crippen molar-refractivity contribution in [3.63, 3.8) is 0 Å². The second-order valence-electron chi connectivity index (χ2n) is 6.20. The van der Waals surface area contributed by atoms with E-state index >= 15 is 0 Å². The van der Waals surface area contributed by atoms with Gasteiger partial charge in [-0.25, -0.2) is 4.79 Å². The lowest BCUT2D eigenvalue weighted by atomic mass is 9.88. The number of rotatable bonds is 3. The molecule has 1 unspecified atom stereocenters. The molecule has 1 aromatic rings. The van der Waals surface area contributed by atoms with Gasteiger partial charge in [-0.15, -0.1) is 0 Å². The van der Waals surface area contributed by atoms with Crippen LogP contribution in [0.1, 0.15) is 50.8 Å². The first kappa shape index (κ1) is 14.9. The third kappa shape index (κ3) is 3.73. The first-order chi connectivity index (χ1) is 9.37. The topological polar surface area (TPSA) is 61.5 Å². The van der Waals surface area contributed by atoms with Gasteiger partial charge in [0.25, 0.3) is 0 Å². The fourth-order valence-electron chi connectivity index (χ4n) is 2.49. The Kier molecular flexibility index (Phi) is 4.33. The van der Waals surface area contributed by atoms with Gasteiger partial charge in [0.2, 0.25) is 0 Å². The molecule has 4 heteroatoms. The molecule has 20 heavy (non-hydrogen) atoms. The highest BCUT2D eigenvalue weighted by Gasteiger charge is 2.21. The Bertz CT molecular complexity index is 491. The van der Waals surface area contributed by atoms with Gasteiger partial charge in [0.15, 0.2) is 6.61 Å². The molecule has 1 aromatic carbocycles. The van der Waals surface area contributed by atoms with Crippen molar-refractivity contribution in [2.75, 3.05) is 6.61 Å². The molecule has 0 saturated heterocycles. The Morgan fingerprint density at radius 3 is 2.85 bits per heavy atom. The van der Waals surface area contributed by atoms with Crippen LogP contribution in [0.2, 0.25) is 0 Å². The number of esters is 1. The predicted molar refractivity (Wildman–Crippen MR) is 77.6 cm³/mol. The highest BCUT2D eigenvalue weighted by molar-refractivity contribution is 5.71. The summed E-state index contributed by atoms with van der Waals surface area (Å²) in [6, 6.07) is 5.93. The number of ether oxygens (including phenoxy) is 2. The molecule has 1 aliphatic rings. The zero-order valence-corrected chi connectivity index (χ0v) is 12.4. The van der Waals surface area contributed by atoms with Gasteiger partial charge in [-0.1, -0.05) is 12.1 Å². The number of carbonyl (C=O) groups is 1. The fraction of sp³-hybridized carbons (Fsp3) is 0.562. The molecule has 0 radical (unpaired) electrons. The number of fused-ring (bicyclic) bond motifs is 1. The summed E-state index contributed by atoms with van der Waals surface area (Å²) >= 11 is 0. The summed E-state index contributed by atoms with van der Waals surface area (Å²) < 4.78 is 10.9. The number of nitrogens with two attached hydrogens (primary N) is 1. The minimum atomic E-state index is -0.487. The molecule has 1 aliphatic carbocycles. The molecule has 0 heterocycles. The third-order valence-corrected chi connectivity index (χ3v) is 3.28. The Labute approximate surface area is 120 Å². The fourth-order valence-corrected chi connectivity index (χ4v) is 2.49. The molecule has 0 saturated carbocycles. The Morgan fingerprint density at radius 1 is 1.40 bits per heavy atom. The van der Waals surface area contributed by atoms with Crippen LogP contribution < -0.4 is 10.5 Å². The van der Waals surface area contributed by atoms with E-state index in [0.29, 0.717) is 0 Å². The zero-order valence-electron chi connectivity index (χ0n) is 12.4. The summed E-state index contributed by atoms with van der Waals surface area (Å²) in [5.74, 6) is 0.402. The lowest BCUT2D eigenvalue weighted by molar-refractivity contribution is -0.157. The summed E-state index contributed by atoms with van der Waals surface area (Å²) in [5.41, 5.74) is 7.89. The summed E-state index contributed by atoms with van der Waals surface area (Å²) in [6.45, 7) is 5.46. The van der Waals surface area contributed by atoms with Gasteiger partial charge in [-0.3, -0.25) is 0 Å². The van der Waals surface area contributed by atoms with Crippen molar-refractivity contribution in [1.29, 1.82) is 0 Å². The standard InChI is InChI=1S/C16H23NO3/c1-16(2,3)20-15(18)10-19-14-9-5-6-11-12(14)7-4-8-13(11)17/h5-6,9,13H,4,7-8,10,17H2,1-3H3. The SMILES string of the molecule is CC(C)(C)OC(=O)COc1cccc2c1CCCC2N. The number of hydrogen-bond acceptors (Lipinski definition) is 4. The van der Waals surface area contributed by atoms with Gasteiger partial charge >= 0.3 is 5.97 Å². The molecule has 0 spiro atoms. The van der Waals surface area contributed by atoms with Gasteiger partial charge in [-0.2, -0.15) is 0 Å². The minimum Gasteiger partial charge on any atom is -0.482 e. The van der Waals surface area contributed by atoms with E-state index in [1.807, 2.05) is 39.0 Å².